The van der Waals surface area contributed by atoms with Crippen molar-refractivity contribution in [3.8, 4) is 0 Å². The van der Waals surface area contributed by atoms with Gasteiger partial charge in [0.25, 0.3) is 0 Å². The second-order valence-electron chi connectivity index (χ2n) is 3.38. The lowest BCUT2D eigenvalue weighted by atomic mass is 10.2. The van der Waals surface area contributed by atoms with Crippen molar-refractivity contribution in [2.75, 3.05) is 11.5 Å². The molecular formula is C10H11N3O2. The standard InChI is InChI=1S/C10H11N3O2/c11-6-1-2-9-7(3-6)8(12)4-13(9)5-10(14)15/h1-4H,5,11-12H2,(H,14,15). The van der Waals surface area contributed by atoms with E-state index in [0.717, 1.165) is 10.9 Å². The summed E-state index contributed by atoms with van der Waals surface area (Å²) in [5, 5.41) is 9.49. The number of aliphatic carboxylic acids is 1. The number of rotatable bonds is 2. The van der Waals surface area contributed by atoms with E-state index in [1.54, 1.807) is 29.0 Å². The average Bonchev–Trinajstić information content (AvgIpc) is 2.42. The molecule has 0 fully saturated rings. The summed E-state index contributed by atoms with van der Waals surface area (Å²) in [7, 11) is 0. The first kappa shape index (κ1) is 9.39. The van der Waals surface area contributed by atoms with E-state index in [1.807, 2.05) is 0 Å². The molecule has 0 unspecified atom stereocenters. The molecule has 1 aromatic heterocycles. The highest BCUT2D eigenvalue weighted by Gasteiger charge is 2.08. The van der Waals surface area contributed by atoms with Gasteiger partial charge in [-0.2, -0.15) is 0 Å². The number of fused-ring (bicyclic) bond motifs is 1. The van der Waals surface area contributed by atoms with Crippen molar-refractivity contribution in [3.63, 3.8) is 0 Å². The molecule has 5 nitrogen and oxygen atoms in total. The third-order valence-corrected chi connectivity index (χ3v) is 2.24. The molecule has 0 atom stereocenters. The van der Waals surface area contributed by atoms with Crippen LogP contribution in [0.15, 0.2) is 24.4 Å². The first-order valence-electron chi connectivity index (χ1n) is 4.43. The van der Waals surface area contributed by atoms with E-state index in [-0.39, 0.29) is 6.54 Å². The van der Waals surface area contributed by atoms with Crippen LogP contribution < -0.4 is 11.5 Å². The first-order chi connectivity index (χ1) is 7.08. The number of hydrogen-bond donors (Lipinski definition) is 3. The van der Waals surface area contributed by atoms with Crippen LogP contribution in [-0.4, -0.2) is 15.6 Å². The van der Waals surface area contributed by atoms with Crippen LogP contribution in [0.25, 0.3) is 10.9 Å². The maximum atomic E-state index is 10.6. The highest BCUT2D eigenvalue weighted by Crippen LogP contribution is 2.25. The van der Waals surface area contributed by atoms with Crippen LogP contribution in [0.1, 0.15) is 0 Å². The van der Waals surface area contributed by atoms with Gasteiger partial charge in [0.05, 0.1) is 11.2 Å². The fourth-order valence-electron chi connectivity index (χ4n) is 1.62. The molecule has 78 valence electrons. The zero-order chi connectivity index (χ0) is 11.0. The van der Waals surface area contributed by atoms with Gasteiger partial charge in [0, 0.05) is 17.3 Å². The molecule has 0 bridgehead atoms. The van der Waals surface area contributed by atoms with Gasteiger partial charge in [-0.25, -0.2) is 0 Å². The number of nitrogens with two attached hydrogens (primary N) is 2. The molecule has 5 heteroatoms. The lowest BCUT2D eigenvalue weighted by Gasteiger charge is -2.00. The maximum absolute atomic E-state index is 10.6. The molecule has 2 aromatic rings. The molecule has 0 amide bonds. The molecule has 1 aromatic carbocycles. The number of carboxylic acid groups (broad SMARTS) is 1. The van der Waals surface area contributed by atoms with E-state index in [4.69, 9.17) is 16.6 Å². The monoisotopic (exact) mass is 205 g/mol. The molecule has 0 aliphatic heterocycles. The van der Waals surface area contributed by atoms with Gasteiger partial charge in [0.1, 0.15) is 6.54 Å². The second-order valence-corrected chi connectivity index (χ2v) is 3.38. The molecule has 0 radical (unpaired) electrons. The van der Waals surface area contributed by atoms with Crippen molar-refractivity contribution in [3.05, 3.63) is 24.4 Å². The predicted octanol–water partition coefficient (Wildman–Crippen LogP) is 0.890. The smallest absolute Gasteiger partial charge is 0.323 e. The second kappa shape index (κ2) is 3.20. The largest absolute Gasteiger partial charge is 0.480 e. The summed E-state index contributed by atoms with van der Waals surface area (Å²) < 4.78 is 1.59. The van der Waals surface area contributed by atoms with Crippen LogP contribution in [0.4, 0.5) is 11.4 Å². The minimum absolute atomic E-state index is 0.0996. The number of anilines is 2. The molecule has 1 heterocycles. The lowest BCUT2D eigenvalue weighted by molar-refractivity contribution is -0.137. The maximum Gasteiger partial charge on any atom is 0.323 e. The Hall–Kier alpha value is -2.17. The van der Waals surface area contributed by atoms with Gasteiger partial charge >= 0.3 is 5.97 Å². The van der Waals surface area contributed by atoms with Crippen LogP contribution >= 0.6 is 0 Å². The molecule has 2 rings (SSSR count). The van der Waals surface area contributed by atoms with Gasteiger partial charge < -0.3 is 21.1 Å². The summed E-state index contributed by atoms with van der Waals surface area (Å²) in [6.07, 6.45) is 1.61. The summed E-state index contributed by atoms with van der Waals surface area (Å²) in [4.78, 5) is 10.6. The Morgan fingerprint density at radius 1 is 1.40 bits per heavy atom. The van der Waals surface area contributed by atoms with Gasteiger partial charge in [-0.15, -0.1) is 0 Å². The quantitative estimate of drug-likeness (QED) is 0.634. The van der Waals surface area contributed by atoms with Gasteiger partial charge in [0.15, 0.2) is 0 Å². The summed E-state index contributed by atoms with van der Waals surface area (Å²) in [5.41, 5.74) is 13.3. The van der Waals surface area contributed by atoms with Gasteiger partial charge in [-0.1, -0.05) is 0 Å². The fraction of sp³-hybridized carbons (Fsp3) is 0.100. The zero-order valence-electron chi connectivity index (χ0n) is 7.97. The van der Waals surface area contributed by atoms with Crippen molar-refractivity contribution >= 4 is 28.2 Å². The van der Waals surface area contributed by atoms with Crippen LogP contribution in [0, 0.1) is 0 Å². The average molecular weight is 205 g/mol. The van der Waals surface area contributed by atoms with Crippen LogP contribution in [0.5, 0.6) is 0 Å². The van der Waals surface area contributed by atoms with Crippen molar-refractivity contribution in [1.82, 2.24) is 4.57 Å². The number of nitrogens with zero attached hydrogens (tertiary/aromatic N) is 1. The number of nitrogen functional groups attached to an aromatic ring is 2. The van der Waals surface area contributed by atoms with Crippen molar-refractivity contribution in [2.24, 2.45) is 0 Å². The Balaban J connectivity index is 2.62. The summed E-state index contributed by atoms with van der Waals surface area (Å²) in [6, 6.07) is 5.23. The molecule has 15 heavy (non-hydrogen) atoms. The number of hydrogen-bond acceptors (Lipinski definition) is 3. The molecule has 0 aliphatic rings. The van der Waals surface area contributed by atoms with Crippen molar-refractivity contribution in [1.29, 1.82) is 0 Å². The molecule has 5 N–H and O–H groups in total. The van der Waals surface area contributed by atoms with E-state index in [0.29, 0.717) is 11.4 Å². The minimum Gasteiger partial charge on any atom is -0.480 e. The van der Waals surface area contributed by atoms with Crippen LogP contribution in [0.2, 0.25) is 0 Å². The minimum atomic E-state index is -0.899. The predicted molar refractivity (Wildman–Crippen MR) is 58.4 cm³/mol. The first-order valence-corrected chi connectivity index (χ1v) is 4.43. The Labute approximate surface area is 85.9 Å². The third-order valence-electron chi connectivity index (χ3n) is 2.24. The fourth-order valence-corrected chi connectivity index (χ4v) is 1.62. The van der Waals surface area contributed by atoms with Gasteiger partial charge in [-0.05, 0) is 18.2 Å². The van der Waals surface area contributed by atoms with E-state index >= 15 is 0 Å². The topological polar surface area (TPSA) is 94.3 Å². The molecule has 0 saturated heterocycles. The van der Waals surface area contributed by atoms with Gasteiger partial charge in [-0.3, -0.25) is 4.79 Å². The van der Waals surface area contributed by atoms with Crippen LogP contribution in [0.3, 0.4) is 0 Å². The highest BCUT2D eigenvalue weighted by atomic mass is 16.4. The molecular weight excluding hydrogens is 194 g/mol. The molecule has 0 saturated carbocycles. The Morgan fingerprint density at radius 2 is 2.13 bits per heavy atom. The third kappa shape index (κ3) is 1.59. The van der Waals surface area contributed by atoms with Crippen LogP contribution in [-0.2, 0) is 11.3 Å². The Morgan fingerprint density at radius 3 is 2.80 bits per heavy atom. The number of carbonyl (C=O) groups is 1. The van der Waals surface area contributed by atoms with E-state index in [1.165, 1.54) is 0 Å². The zero-order valence-corrected chi connectivity index (χ0v) is 7.97. The lowest BCUT2D eigenvalue weighted by Crippen LogP contribution is -2.07. The van der Waals surface area contributed by atoms with E-state index < -0.39 is 5.97 Å². The number of aromatic nitrogens is 1. The normalized spacial score (nSPS) is 10.7. The van der Waals surface area contributed by atoms with Crippen molar-refractivity contribution < 1.29 is 9.90 Å². The highest BCUT2D eigenvalue weighted by molar-refractivity contribution is 5.94. The molecule has 0 aliphatic carbocycles. The number of carboxylic acids is 1. The summed E-state index contributed by atoms with van der Waals surface area (Å²) >= 11 is 0. The van der Waals surface area contributed by atoms with Gasteiger partial charge in [0.2, 0.25) is 0 Å². The summed E-state index contributed by atoms with van der Waals surface area (Å²) in [5.74, 6) is -0.899. The summed E-state index contributed by atoms with van der Waals surface area (Å²) in [6.45, 7) is -0.0996. The van der Waals surface area contributed by atoms with Crippen molar-refractivity contribution in [2.45, 2.75) is 6.54 Å². The SMILES string of the molecule is Nc1ccc2c(c1)c(N)cn2CC(=O)O. The Bertz CT molecular complexity index is 531. The van der Waals surface area contributed by atoms with E-state index in [9.17, 15) is 4.79 Å². The number of benzene rings is 1. The van der Waals surface area contributed by atoms with E-state index in [2.05, 4.69) is 0 Å². The molecule has 0 spiro atoms. The Kier molecular flexibility index (Phi) is 2.00.